The molecule has 1 N–H and O–H groups in total. The Labute approximate surface area is 247 Å². The first-order valence-corrected chi connectivity index (χ1v) is 14.4. The van der Waals surface area contributed by atoms with Crippen LogP contribution in [0.4, 0.5) is 10.3 Å². The van der Waals surface area contributed by atoms with Gasteiger partial charge in [0, 0.05) is 74.1 Å². The molecule has 42 heavy (non-hydrogen) atoms. The highest BCUT2D eigenvalue weighted by Crippen LogP contribution is 2.26. The molecule has 3 aromatic heterocycles. The van der Waals surface area contributed by atoms with E-state index in [9.17, 15) is 9.18 Å². The fourth-order valence-corrected chi connectivity index (χ4v) is 5.64. The van der Waals surface area contributed by atoms with Crippen molar-refractivity contribution in [1.29, 1.82) is 0 Å². The summed E-state index contributed by atoms with van der Waals surface area (Å²) in [7, 11) is 0. The molecule has 2 saturated heterocycles. The summed E-state index contributed by atoms with van der Waals surface area (Å²) < 4.78 is 22.9. The van der Waals surface area contributed by atoms with Crippen LogP contribution < -0.4 is 10.5 Å². The lowest BCUT2D eigenvalue weighted by Crippen LogP contribution is -2.46. The molecule has 2 aliphatic heterocycles. The maximum absolute atomic E-state index is 13.6. The van der Waals surface area contributed by atoms with E-state index in [0.29, 0.717) is 42.9 Å². The third kappa shape index (κ3) is 6.36. The van der Waals surface area contributed by atoms with Crippen molar-refractivity contribution in [2.45, 2.75) is 31.5 Å². The smallest absolute Gasteiger partial charge is 0.266 e. The van der Waals surface area contributed by atoms with Crippen LogP contribution in [0.3, 0.4) is 0 Å². The molecular weight excluding hydrogens is 563 g/mol. The number of anilines is 1. The Morgan fingerprint density at radius 1 is 1.02 bits per heavy atom. The molecule has 11 nitrogen and oxygen atoms in total. The number of hydrogen-bond donors (Lipinski definition) is 1. The summed E-state index contributed by atoms with van der Waals surface area (Å²) in [6.07, 6.45) is 9.21. The predicted molar refractivity (Wildman–Crippen MR) is 156 cm³/mol. The number of ether oxygens (including phenoxy) is 1. The number of β-amino-alcohol motifs (C(OH)–C–C–N with tert-alkyl or cyclic N) is 1. The Kier molecular flexibility index (Phi) is 8.56. The fraction of sp³-hybridized carbons (Fsp3) is 0.414. The molecule has 1 aromatic carbocycles. The van der Waals surface area contributed by atoms with Crippen LogP contribution in [0.25, 0.3) is 22.4 Å². The zero-order valence-corrected chi connectivity index (χ0v) is 23.8. The van der Waals surface area contributed by atoms with Gasteiger partial charge in [-0.25, -0.2) is 19.0 Å². The number of aromatic nitrogens is 6. The molecule has 13 heteroatoms. The van der Waals surface area contributed by atoms with Crippen LogP contribution in [0.1, 0.15) is 18.9 Å². The number of benzene rings is 1. The second kappa shape index (κ2) is 12.7. The van der Waals surface area contributed by atoms with Crippen molar-refractivity contribution in [1.82, 2.24) is 34.4 Å². The van der Waals surface area contributed by atoms with Crippen LogP contribution in [0.15, 0.2) is 59.9 Å². The predicted octanol–water partition coefficient (Wildman–Crippen LogP) is 2.89. The molecule has 2 aliphatic rings. The van der Waals surface area contributed by atoms with E-state index in [4.69, 9.17) is 21.4 Å². The number of likely N-dealkylation sites (tertiary alicyclic amines) is 1. The van der Waals surface area contributed by atoms with E-state index >= 15 is 0 Å². The maximum Gasteiger partial charge on any atom is 0.266 e. The lowest BCUT2D eigenvalue weighted by molar-refractivity contribution is 0.0260. The summed E-state index contributed by atoms with van der Waals surface area (Å²) >= 11 is 5.93. The van der Waals surface area contributed by atoms with Crippen molar-refractivity contribution < 1.29 is 14.2 Å². The molecule has 5 heterocycles. The van der Waals surface area contributed by atoms with Crippen molar-refractivity contribution >= 4 is 17.5 Å². The number of aliphatic hydroxyl groups excluding tert-OH is 1. The minimum atomic E-state index is -0.513. The molecule has 2 fully saturated rings. The molecule has 0 aliphatic carbocycles. The monoisotopic (exact) mass is 594 g/mol. The molecule has 0 amide bonds. The number of piperidine rings is 1. The number of halogens is 2. The van der Waals surface area contributed by atoms with Crippen molar-refractivity contribution in [2.24, 2.45) is 0 Å². The molecule has 0 bridgehead atoms. The van der Waals surface area contributed by atoms with Crippen LogP contribution in [0.2, 0.25) is 5.02 Å². The zero-order valence-electron chi connectivity index (χ0n) is 23.0. The highest BCUT2D eigenvalue weighted by atomic mass is 35.5. The number of rotatable bonds is 8. The molecule has 0 saturated carbocycles. The Hall–Kier alpha value is -3.71. The first-order valence-electron chi connectivity index (χ1n) is 14.1. The van der Waals surface area contributed by atoms with Gasteiger partial charge in [0.05, 0.1) is 48.8 Å². The quantitative estimate of drug-likeness (QED) is 0.329. The Morgan fingerprint density at radius 2 is 1.83 bits per heavy atom. The Bertz CT molecular complexity index is 1570. The number of nitrogens with zero attached hydrogens (tertiary/aromatic N) is 8. The van der Waals surface area contributed by atoms with Crippen LogP contribution >= 0.6 is 11.6 Å². The first kappa shape index (κ1) is 28.4. The zero-order chi connectivity index (χ0) is 29.1. The number of morpholine rings is 1. The van der Waals surface area contributed by atoms with Gasteiger partial charge in [0.2, 0.25) is 5.95 Å². The molecule has 0 spiro atoms. The standard InChI is InChI=1S/C29H32ClFN8O3/c30-25-13-20(1-2-26(25)31)27-3-4-28(41)39(35-27)19-24-18-37(10-12-42-24)29-32-14-21(15-33-29)22-16-34-38(17-22)23-5-7-36(8-6-23)9-11-40/h1-4,13-17,23-24,40H,5-12,18-19H2/t24-/m0/s1. The molecule has 0 unspecified atom stereocenters. The second-order valence-electron chi connectivity index (χ2n) is 10.6. The molecule has 6 rings (SSSR count). The summed E-state index contributed by atoms with van der Waals surface area (Å²) in [5.74, 6) is 0.0759. The van der Waals surface area contributed by atoms with E-state index in [2.05, 4.69) is 25.1 Å². The van der Waals surface area contributed by atoms with Gasteiger partial charge < -0.3 is 19.6 Å². The van der Waals surface area contributed by atoms with Gasteiger partial charge in [-0.15, -0.1) is 0 Å². The van der Waals surface area contributed by atoms with E-state index in [1.54, 1.807) is 24.5 Å². The third-order valence-electron chi connectivity index (χ3n) is 7.80. The van der Waals surface area contributed by atoms with Gasteiger partial charge in [0.15, 0.2) is 0 Å². The minimum Gasteiger partial charge on any atom is -0.395 e. The third-order valence-corrected chi connectivity index (χ3v) is 8.09. The van der Waals surface area contributed by atoms with Gasteiger partial charge in [-0.2, -0.15) is 10.2 Å². The first-order chi connectivity index (χ1) is 20.5. The van der Waals surface area contributed by atoms with Crippen molar-refractivity contribution in [3.8, 4) is 22.4 Å². The van der Waals surface area contributed by atoms with Crippen LogP contribution in [0.5, 0.6) is 0 Å². The highest BCUT2D eigenvalue weighted by molar-refractivity contribution is 6.31. The van der Waals surface area contributed by atoms with Crippen molar-refractivity contribution in [3.63, 3.8) is 0 Å². The van der Waals surface area contributed by atoms with Crippen molar-refractivity contribution in [3.05, 3.63) is 76.3 Å². The van der Waals surface area contributed by atoms with Gasteiger partial charge in [-0.3, -0.25) is 9.48 Å². The van der Waals surface area contributed by atoms with E-state index in [1.165, 1.54) is 22.9 Å². The lowest BCUT2D eigenvalue weighted by Gasteiger charge is -2.33. The second-order valence-corrected chi connectivity index (χ2v) is 11.0. The summed E-state index contributed by atoms with van der Waals surface area (Å²) in [6, 6.07) is 7.71. The number of hydrogen-bond acceptors (Lipinski definition) is 9. The minimum absolute atomic E-state index is 0.00579. The maximum atomic E-state index is 13.6. The lowest BCUT2D eigenvalue weighted by atomic mass is 10.1. The molecule has 0 radical (unpaired) electrons. The van der Waals surface area contributed by atoms with Gasteiger partial charge in [-0.1, -0.05) is 11.6 Å². The van der Waals surface area contributed by atoms with E-state index in [0.717, 1.165) is 43.6 Å². The summed E-state index contributed by atoms with van der Waals surface area (Å²) in [4.78, 5) is 26.1. The van der Waals surface area contributed by atoms with Crippen LogP contribution in [-0.2, 0) is 11.3 Å². The SMILES string of the molecule is O=c1ccc(-c2ccc(F)c(Cl)c2)nn1C[C@@H]1CN(c2ncc(-c3cnn(C4CCN(CCO)CC4)c3)cn2)CCO1. The average molecular weight is 595 g/mol. The molecule has 4 aromatic rings. The van der Waals surface area contributed by atoms with Crippen LogP contribution in [0, 0.1) is 5.82 Å². The topological polar surface area (TPSA) is 114 Å². The Balaban J connectivity index is 1.09. The van der Waals surface area contributed by atoms with Gasteiger partial charge >= 0.3 is 0 Å². The highest BCUT2D eigenvalue weighted by Gasteiger charge is 2.24. The van der Waals surface area contributed by atoms with Gasteiger partial charge in [0.25, 0.3) is 5.56 Å². The Morgan fingerprint density at radius 3 is 2.60 bits per heavy atom. The van der Waals surface area contributed by atoms with E-state index < -0.39 is 5.82 Å². The number of aliphatic hydroxyl groups is 1. The van der Waals surface area contributed by atoms with E-state index in [1.807, 2.05) is 22.0 Å². The summed E-state index contributed by atoms with van der Waals surface area (Å²) in [5, 5.41) is 18.2. The van der Waals surface area contributed by atoms with Crippen LogP contribution in [-0.4, -0.2) is 91.6 Å². The van der Waals surface area contributed by atoms with Gasteiger partial charge in [0.1, 0.15) is 5.82 Å². The molecular formula is C29H32ClFN8O3. The van der Waals surface area contributed by atoms with Crippen molar-refractivity contribution in [2.75, 3.05) is 50.8 Å². The molecule has 220 valence electrons. The average Bonchev–Trinajstić information content (AvgIpc) is 3.51. The summed E-state index contributed by atoms with van der Waals surface area (Å²) in [5.41, 5.74) is 2.72. The molecule has 1 atom stereocenters. The van der Waals surface area contributed by atoms with Gasteiger partial charge in [-0.05, 0) is 37.1 Å². The fourth-order valence-electron chi connectivity index (χ4n) is 5.46. The van der Waals surface area contributed by atoms with E-state index in [-0.39, 0.29) is 29.8 Å². The summed E-state index contributed by atoms with van der Waals surface area (Å²) in [6.45, 7) is 4.65. The normalized spacial score (nSPS) is 18.5. The largest absolute Gasteiger partial charge is 0.395 e.